The van der Waals surface area contributed by atoms with Crippen molar-refractivity contribution in [2.75, 3.05) is 0 Å². The molecule has 24 heavy (non-hydrogen) atoms. The molecular formula is C18H21ClN4O. The zero-order valence-electron chi connectivity index (χ0n) is 13.5. The van der Waals surface area contributed by atoms with Crippen molar-refractivity contribution in [3.05, 3.63) is 58.8 Å². The highest BCUT2D eigenvalue weighted by Gasteiger charge is 2.20. The van der Waals surface area contributed by atoms with Gasteiger partial charge >= 0.3 is 0 Å². The van der Waals surface area contributed by atoms with Crippen LogP contribution >= 0.6 is 11.6 Å². The lowest BCUT2D eigenvalue weighted by molar-refractivity contribution is 0.511. The van der Waals surface area contributed by atoms with Gasteiger partial charge < -0.3 is 4.98 Å². The maximum atomic E-state index is 12.4. The Bertz CT molecular complexity index is 848. The lowest BCUT2D eigenvalue weighted by Gasteiger charge is -2.16. The molecule has 5 nitrogen and oxygen atoms in total. The standard InChI is InChI=1S/C18H21ClN4O/c1-3-4-9-15(12(2)19)23-17-14(11-20-23)18(24)22-16(21-17)10-13-7-5-6-8-13/h3,5,7,11,13,15H,1-2,4,6,8-10H2,(H,21,22,24). The van der Waals surface area contributed by atoms with Gasteiger partial charge in [0.15, 0.2) is 5.65 Å². The first-order valence-electron chi connectivity index (χ1n) is 8.18. The van der Waals surface area contributed by atoms with Gasteiger partial charge in [0.1, 0.15) is 11.2 Å². The fraction of sp³-hybridized carbons (Fsp3) is 0.389. The molecule has 2 aromatic heterocycles. The van der Waals surface area contributed by atoms with E-state index in [9.17, 15) is 4.79 Å². The van der Waals surface area contributed by atoms with E-state index in [4.69, 9.17) is 11.6 Å². The van der Waals surface area contributed by atoms with Crippen molar-refractivity contribution in [1.29, 1.82) is 0 Å². The lowest BCUT2D eigenvalue weighted by Crippen LogP contribution is -2.17. The Balaban J connectivity index is 2.00. The average Bonchev–Trinajstić information content (AvgIpc) is 3.18. The Morgan fingerprint density at radius 2 is 2.42 bits per heavy atom. The number of H-pyrrole nitrogens is 1. The minimum absolute atomic E-state index is 0.161. The number of hydrogen-bond acceptors (Lipinski definition) is 3. The van der Waals surface area contributed by atoms with Crippen LogP contribution in [0.15, 0.2) is 47.4 Å². The number of allylic oxidation sites excluding steroid dienone is 4. The second kappa shape index (κ2) is 7.18. The minimum Gasteiger partial charge on any atom is -0.310 e. The number of hydrogen-bond donors (Lipinski definition) is 1. The number of rotatable bonds is 7. The molecule has 2 unspecified atom stereocenters. The molecule has 0 saturated heterocycles. The highest BCUT2D eigenvalue weighted by molar-refractivity contribution is 6.29. The molecule has 3 rings (SSSR count). The predicted molar refractivity (Wildman–Crippen MR) is 97.2 cm³/mol. The SMILES string of the molecule is C=CCCC(C(=C)Cl)n1ncc2c(=O)[nH]c(CC3C=CCC3)nc21. The van der Waals surface area contributed by atoms with Crippen LogP contribution in [0, 0.1) is 5.92 Å². The summed E-state index contributed by atoms with van der Waals surface area (Å²) >= 11 is 6.18. The molecule has 6 heteroatoms. The summed E-state index contributed by atoms with van der Waals surface area (Å²) in [6.07, 6.45) is 12.2. The van der Waals surface area contributed by atoms with Crippen LogP contribution in [0.5, 0.6) is 0 Å². The first-order valence-corrected chi connectivity index (χ1v) is 8.56. The fourth-order valence-electron chi connectivity index (χ4n) is 3.11. The Hall–Kier alpha value is -2.14. The first-order chi connectivity index (χ1) is 11.6. The highest BCUT2D eigenvalue weighted by Crippen LogP contribution is 2.27. The Kier molecular flexibility index (Phi) is 5.00. The monoisotopic (exact) mass is 344 g/mol. The molecule has 0 amide bonds. The predicted octanol–water partition coefficient (Wildman–Crippen LogP) is 3.89. The van der Waals surface area contributed by atoms with Gasteiger partial charge in [-0.3, -0.25) is 4.79 Å². The summed E-state index contributed by atoms with van der Waals surface area (Å²) in [4.78, 5) is 19.9. The van der Waals surface area contributed by atoms with E-state index in [2.05, 4.69) is 40.4 Å². The van der Waals surface area contributed by atoms with Gasteiger partial charge in [0.05, 0.1) is 12.2 Å². The molecule has 0 aliphatic heterocycles. The van der Waals surface area contributed by atoms with Crippen LogP contribution < -0.4 is 5.56 Å². The third kappa shape index (κ3) is 3.36. The van der Waals surface area contributed by atoms with Crippen LogP contribution in [0.1, 0.15) is 37.5 Å². The van der Waals surface area contributed by atoms with Crippen LogP contribution in [0.2, 0.25) is 0 Å². The molecule has 126 valence electrons. The van der Waals surface area contributed by atoms with Crippen molar-refractivity contribution in [2.24, 2.45) is 5.92 Å². The average molecular weight is 345 g/mol. The summed E-state index contributed by atoms with van der Waals surface area (Å²) in [6, 6.07) is -0.212. The molecular weight excluding hydrogens is 324 g/mol. The van der Waals surface area contributed by atoms with E-state index in [0.717, 1.165) is 32.1 Å². The molecule has 0 fully saturated rings. The van der Waals surface area contributed by atoms with E-state index in [-0.39, 0.29) is 11.6 Å². The second-order valence-electron chi connectivity index (χ2n) is 6.14. The highest BCUT2D eigenvalue weighted by atomic mass is 35.5. The van der Waals surface area contributed by atoms with Gasteiger partial charge in [0, 0.05) is 11.5 Å². The van der Waals surface area contributed by atoms with E-state index in [1.54, 1.807) is 10.9 Å². The van der Waals surface area contributed by atoms with Gasteiger partial charge in [-0.25, -0.2) is 9.67 Å². The molecule has 0 aromatic carbocycles. The van der Waals surface area contributed by atoms with E-state index < -0.39 is 0 Å². The van der Waals surface area contributed by atoms with E-state index in [1.165, 1.54) is 0 Å². The molecule has 2 heterocycles. The van der Waals surface area contributed by atoms with Gasteiger partial charge in [-0.2, -0.15) is 5.10 Å². The van der Waals surface area contributed by atoms with Gasteiger partial charge in [-0.1, -0.05) is 36.4 Å². The summed E-state index contributed by atoms with van der Waals surface area (Å²) < 4.78 is 1.71. The van der Waals surface area contributed by atoms with E-state index in [1.807, 2.05) is 6.08 Å². The van der Waals surface area contributed by atoms with Crippen LogP contribution in [0.25, 0.3) is 11.0 Å². The molecule has 0 radical (unpaired) electrons. The van der Waals surface area contributed by atoms with Crippen LogP contribution in [0.3, 0.4) is 0 Å². The van der Waals surface area contributed by atoms with Gasteiger partial charge in [-0.15, -0.1) is 6.58 Å². The smallest absolute Gasteiger partial charge is 0.262 e. The largest absolute Gasteiger partial charge is 0.310 e. The minimum atomic E-state index is -0.212. The summed E-state index contributed by atoms with van der Waals surface area (Å²) in [5.41, 5.74) is 0.400. The number of halogens is 1. The summed E-state index contributed by atoms with van der Waals surface area (Å²) in [7, 11) is 0. The summed E-state index contributed by atoms with van der Waals surface area (Å²) in [5, 5.41) is 5.29. The Morgan fingerprint density at radius 3 is 3.08 bits per heavy atom. The number of aromatic amines is 1. The zero-order chi connectivity index (χ0) is 17.1. The number of nitrogens with zero attached hydrogens (tertiary/aromatic N) is 3. The fourth-order valence-corrected chi connectivity index (χ4v) is 3.31. The molecule has 2 atom stereocenters. The third-order valence-corrected chi connectivity index (χ3v) is 4.63. The number of aromatic nitrogens is 4. The van der Waals surface area contributed by atoms with Crippen molar-refractivity contribution >= 4 is 22.6 Å². The summed E-state index contributed by atoms with van der Waals surface area (Å²) in [5.74, 6) is 1.12. The number of nitrogens with one attached hydrogen (secondary N) is 1. The topological polar surface area (TPSA) is 63.6 Å². The lowest BCUT2D eigenvalue weighted by atomic mass is 10.1. The molecule has 0 bridgehead atoms. The number of fused-ring (bicyclic) bond motifs is 1. The van der Waals surface area contributed by atoms with Gasteiger partial charge in [-0.05, 0) is 31.6 Å². The third-order valence-electron chi connectivity index (χ3n) is 4.38. The first kappa shape index (κ1) is 16.7. The van der Waals surface area contributed by atoms with Crippen molar-refractivity contribution in [1.82, 2.24) is 19.7 Å². The molecule has 1 N–H and O–H groups in total. The van der Waals surface area contributed by atoms with Crippen molar-refractivity contribution < 1.29 is 0 Å². The maximum Gasteiger partial charge on any atom is 0.262 e. The quantitative estimate of drug-likeness (QED) is 0.775. The van der Waals surface area contributed by atoms with Crippen LogP contribution in [-0.2, 0) is 6.42 Å². The summed E-state index contributed by atoms with van der Waals surface area (Å²) in [6.45, 7) is 7.59. The molecule has 1 aliphatic carbocycles. The van der Waals surface area contributed by atoms with Gasteiger partial charge in [0.2, 0.25) is 0 Å². The molecule has 1 aliphatic rings. The van der Waals surface area contributed by atoms with Gasteiger partial charge in [0.25, 0.3) is 5.56 Å². The zero-order valence-corrected chi connectivity index (χ0v) is 14.3. The van der Waals surface area contributed by atoms with E-state index in [0.29, 0.717) is 27.8 Å². The van der Waals surface area contributed by atoms with Crippen molar-refractivity contribution in [2.45, 2.75) is 38.1 Å². The van der Waals surface area contributed by atoms with E-state index >= 15 is 0 Å². The normalized spacial score (nSPS) is 18.1. The maximum absolute atomic E-state index is 12.4. The van der Waals surface area contributed by atoms with Crippen molar-refractivity contribution in [3.63, 3.8) is 0 Å². The second-order valence-corrected chi connectivity index (χ2v) is 6.62. The van der Waals surface area contributed by atoms with Crippen LogP contribution in [0.4, 0.5) is 0 Å². The Labute approximate surface area is 145 Å². The molecule has 2 aromatic rings. The Morgan fingerprint density at radius 1 is 1.58 bits per heavy atom. The van der Waals surface area contributed by atoms with Crippen LogP contribution in [-0.4, -0.2) is 19.7 Å². The molecule has 0 saturated carbocycles. The molecule has 0 spiro atoms. The van der Waals surface area contributed by atoms with Crippen molar-refractivity contribution in [3.8, 4) is 0 Å².